The Balaban J connectivity index is 2.71. The minimum Gasteiger partial charge on any atom is -0.467 e. The molecule has 0 heterocycles. The normalized spacial score (nSPS) is 19.6. The standard InChI is InChI=1S/C10H13FO2/c1-3-4-7-10(11,8-5-6-8)9(12)13-2/h8H,5-7H2,1-2H3. The number of carbonyl (C=O) groups excluding carboxylic acids is 1. The van der Waals surface area contributed by atoms with Crippen LogP contribution in [0.4, 0.5) is 4.39 Å². The Kier molecular flexibility index (Phi) is 2.92. The predicted octanol–water partition coefficient (Wildman–Crippen LogP) is 1.69. The van der Waals surface area contributed by atoms with E-state index in [0.29, 0.717) is 0 Å². The summed E-state index contributed by atoms with van der Waals surface area (Å²) in [5, 5.41) is 0. The summed E-state index contributed by atoms with van der Waals surface area (Å²) in [7, 11) is 1.21. The van der Waals surface area contributed by atoms with Crippen molar-refractivity contribution >= 4 is 5.97 Å². The zero-order valence-electron chi connectivity index (χ0n) is 7.89. The van der Waals surface area contributed by atoms with Gasteiger partial charge in [0.25, 0.3) is 0 Å². The summed E-state index contributed by atoms with van der Waals surface area (Å²) in [6, 6.07) is 0. The number of rotatable bonds is 3. The lowest BCUT2D eigenvalue weighted by Crippen LogP contribution is -2.36. The Labute approximate surface area is 77.5 Å². The van der Waals surface area contributed by atoms with E-state index < -0.39 is 11.6 Å². The van der Waals surface area contributed by atoms with Crippen molar-refractivity contribution in [2.45, 2.75) is 31.9 Å². The van der Waals surface area contributed by atoms with Gasteiger partial charge in [0.2, 0.25) is 5.67 Å². The maximum Gasteiger partial charge on any atom is 0.344 e. The molecular weight excluding hydrogens is 171 g/mol. The molecule has 1 rings (SSSR count). The maximum absolute atomic E-state index is 14.0. The highest BCUT2D eigenvalue weighted by molar-refractivity contribution is 5.80. The van der Waals surface area contributed by atoms with Gasteiger partial charge in [-0.1, -0.05) is 5.92 Å². The molecular formula is C10H13FO2. The summed E-state index contributed by atoms with van der Waals surface area (Å²) in [4.78, 5) is 11.2. The SMILES string of the molecule is CC#CCC(F)(C(=O)OC)C1CC1. The first kappa shape index (κ1) is 10.0. The van der Waals surface area contributed by atoms with Crippen molar-refractivity contribution in [3.63, 3.8) is 0 Å². The lowest BCUT2D eigenvalue weighted by molar-refractivity contribution is -0.156. The average molecular weight is 184 g/mol. The number of hydrogen-bond donors (Lipinski definition) is 0. The van der Waals surface area contributed by atoms with Crippen LogP contribution in [0.2, 0.25) is 0 Å². The first-order valence-corrected chi connectivity index (χ1v) is 4.32. The van der Waals surface area contributed by atoms with Crippen molar-refractivity contribution in [1.82, 2.24) is 0 Å². The van der Waals surface area contributed by atoms with Gasteiger partial charge in [0, 0.05) is 5.92 Å². The summed E-state index contributed by atoms with van der Waals surface area (Å²) in [6.45, 7) is 1.63. The third-order valence-electron chi connectivity index (χ3n) is 2.27. The van der Waals surface area contributed by atoms with E-state index in [1.54, 1.807) is 6.92 Å². The van der Waals surface area contributed by atoms with Crippen molar-refractivity contribution < 1.29 is 13.9 Å². The second-order valence-electron chi connectivity index (χ2n) is 3.23. The van der Waals surface area contributed by atoms with Crippen LogP contribution in [-0.4, -0.2) is 18.7 Å². The Morgan fingerprint density at radius 2 is 2.31 bits per heavy atom. The molecule has 1 atom stereocenters. The molecule has 1 aliphatic rings. The van der Waals surface area contributed by atoms with Crippen LogP contribution in [0.1, 0.15) is 26.2 Å². The summed E-state index contributed by atoms with van der Waals surface area (Å²) in [5.41, 5.74) is -1.86. The topological polar surface area (TPSA) is 26.3 Å². The molecule has 3 heteroatoms. The lowest BCUT2D eigenvalue weighted by Gasteiger charge is -2.19. The van der Waals surface area contributed by atoms with Crippen LogP contribution in [0.25, 0.3) is 0 Å². The summed E-state index contributed by atoms with van der Waals surface area (Å²) >= 11 is 0. The maximum atomic E-state index is 14.0. The molecule has 1 saturated carbocycles. The Hall–Kier alpha value is -1.04. The molecule has 0 aliphatic heterocycles. The van der Waals surface area contributed by atoms with E-state index in [9.17, 15) is 9.18 Å². The van der Waals surface area contributed by atoms with Crippen molar-refractivity contribution in [2.24, 2.45) is 5.92 Å². The molecule has 1 fully saturated rings. The molecule has 1 aliphatic carbocycles. The summed E-state index contributed by atoms with van der Waals surface area (Å²) < 4.78 is 18.4. The van der Waals surface area contributed by atoms with E-state index in [0.717, 1.165) is 12.8 Å². The van der Waals surface area contributed by atoms with Gasteiger partial charge in [0.15, 0.2) is 0 Å². The van der Waals surface area contributed by atoms with Gasteiger partial charge in [-0.2, -0.15) is 0 Å². The molecule has 0 amide bonds. The van der Waals surface area contributed by atoms with E-state index in [1.165, 1.54) is 7.11 Å². The number of esters is 1. The minimum absolute atomic E-state index is 0.0408. The summed E-state index contributed by atoms with van der Waals surface area (Å²) in [6.07, 6.45) is 1.48. The van der Waals surface area contributed by atoms with Crippen LogP contribution in [0.15, 0.2) is 0 Å². The molecule has 0 saturated heterocycles. The second kappa shape index (κ2) is 3.78. The molecule has 0 aromatic carbocycles. The van der Waals surface area contributed by atoms with Gasteiger partial charge in [0.1, 0.15) is 0 Å². The zero-order chi connectivity index (χ0) is 9.90. The first-order chi connectivity index (χ1) is 6.15. The third kappa shape index (κ3) is 2.00. The van der Waals surface area contributed by atoms with Crippen molar-refractivity contribution in [3.8, 4) is 11.8 Å². The van der Waals surface area contributed by atoms with Crippen LogP contribution < -0.4 is 0 Å². The average Bonchev–Trinajstić information content (AvgIpc) is 2.96. The van der Waals surface area contributed by atoms with Crippen molar-refractivity contribution in [3.05, 3.63) is 0 Å². The van der Waals surface area contributed by atoms with Crippen molar-refractivity contribution in [2.75, 3.05) is 7.11 Å². The van der Waals surface area contributed by atoms with Crippen LogP contribution in [-0.2, 0) is 9.53 Å². The molecule has 0 N–H and O–H groups in total. The van der Waals surface area contributed by atoms with Gasteiger partial charge >= 0.3 is 5.97 Å². The highest BCUT2D eigenvalue weighted by atomic mass is 19.1. The Morgan fingerprint density at radius 3 is 2.69 bits per heavy atom. The molecule has 0 radical (unpaired) electrons. The number of hydrogen-bond acceptors (Lipinski definition) is 2. The minimum atomic E-state index is -1.86. The number of methoxy groups -OCH3 is 1. The fourth-order valence-corrected chi connectivity index (χ4v) is 1.31. The van der Waals surface area contributed by atoms with Gasteiger partial charge in [-0.05, 0) is 19.8 Å². The number of halogens is 1. The Bertz CT molecular complexity index is 260. The van der Waals surface area contributed by atoms with Crippen LogP contribution in [0, 0.1) is 17.8 Å². The highest BCUT2D eigenvalue weighted by Crippen LogP contribution is 2.44. The van der Waals surface area contributed by atoms with E-state index in [-0.39, 0.29) is 12.3 Å². The van der Waals surface area contributed by atoms with E-state index in [2.05, 4.69) is 16.6 Å². The summed E-state index contributed by atoms with van der Waals surface area (Å²) in [5.74, 6) is 4.23. The van der Waals surface area contributed by atoms with Gasteiger partial charge in [-0.25, -0.2) is 9.18 Å². The van der Waals surface area contributed by atoms with Gasteiger partial charge < -0.3 is 4.74 Å². The second-order valence-corrected chi connectivity index (χ2v) is 3.23. The Morgan fingerprint density at radius 1 is 1.69 bits per heavy atom. The first-order valence-electron chi connectivity index (χ1n) is 4.32. The quantitative estimate of drug-likeness (QED) is 0.493. The number of ether oxygens (including phenoxy) is 1. The molecule has 0 aromatic rings. The smallest absolute Gasteiger partial charge is 0.344 e. The fourth-order valence-electron chi connectivity index (χ4n) is 1.31. The van der Waals surface area contributed by atoms with E-state index >= 15 is 0 Å². The van der Waals surface area contributed by atoms with Crippen LogP contribution >= 0.6 is 0 Å². The van der Waals surface area contributed by atoms with Crippen LogP contribution in [0.5, 0.6) is 0 Å². The zero-order valence-corrected chi connectivity index (χ0v) is 7.89. The van der Waals surface area contributed by atoms with Crippen molar-refractivity contribution in [1.29, 1.82) is 0 Å². The molecule has 72 valence electrons. The van der Waals surface area contributed by atoms with Gasteiger partial charge in [-0.3, -0.25) is 0 Å². The van der Waals surface area contributed by atoms with Gasteiger partial charge in [-0.15, -0.1) is 5.92 Å². The fraction of sp³-hybridized carbons (Fsp3) is 0.700. The van der Waals surface area contributed by atoms with Gasteiger partial charge in [0.05, 0.1) is 13.5 Å². The molecule has 0 aromatic heterocycles. The third-order valence-corrected chi connectivity index (χ3v) is 2.27. The predicted molar refractivity (Wildman–Crippen MR) is 46.6 cm³/mol. The molecule has 1 unspecified atom stereocenters. The molecule has 0 spiro atoms. The van der Waals surface area contributed by atoms with E-state index in [1.807, 2.05) is 0 Å². The van der Waals surface area contributed by atoms with E-state index in [4.69, 9.17) is 0 Å². The molecule has 13 heavy (non-hydrogen) atoms. The highest BCUT2D eigenvalue weighted by Gasteiger charge is 2.52. The largest absolute Gasteiger partial charge is 0.467 e. The number of carbonyl (C=O) groups is 1. The monoisotopic (exact) mass is 184 g/mol. The lowest BCUT2D eigenvalue weighted by atomic mass is 9.96. The number of alkyl halides is 1. The molecule has 0 bridgehead atoms. The molecule has 2 nitrogen and oxygen atoms in total. The van der Waals surface area contributed by atoms with Crippen LogP contribution in [0.3, 0.4) is 0 Å².